The number of nitro groups is 1. The lowest BCUT2D eigenvalue weighted by molar-refractivity contribution is -0.522. The lowest BCUT2D eigenvalue weighted by Gasteiger charge is -2.30. The molecule has 2 rings (SSSR count). The number of anilines is 1. The highest BCUT2D eigenvalue weighted by atomic mass is 16.6. The Morgan fingerprint density at radius 1 is 1.44 bits per heavy atom. The zero-order chi connectivity index (χ0) is 11.9. The van der Waals surface area contributed by atoms with Crippen molar-refractivity contribution in [2.45, 2.75) is 19.0 Å². The van der Waals surface area contributed by atoms with E-state index in [0.29, 0.717) is 18.5 Å². The molecule has 86 valence electrons. The molecular weight excluding hydrogens is 212 g/mol. The van der Waals surface area contributed by atoms with Crippen molar-refractivity contribution in [1.29, 1.82) is 0 Å². The van der Waals surface area contributed by atoms with E-state index in [1.807, 2.05) is 0 Å². The van der Waals surface area contributed by atoms with E-state index < -0.39 is 6.17 Å². The number of hydrogen-bond acceptors (Lipinski definition) is 5. The van der Waals surface area contributed by atoms with Gasteiger partial charge >= 0.3 is 0 Å². The molecule has 2 N–H and O–H groups in total. The molecule has 0 amide bonds. The molecule has 0 saturated heterocycles. The van der Waals surface area contributed by atoms with Gasteiger partial charge in [0.1, 0.15) is 0 Å². The Kier molecular flexibility index (Phi) is 2.34. The molecule has 0 bridgehead atoms. The third-order valence-electron chi connectivity index (χ3n) is 2.92. The van der Waals surface area contributed by atoms with Crippen molar-refractivity contribution in [2.24, 2.45) is 0 Å². The number of phenols is 2. The highest BCUT2D eigenvalue weighted by Crippen LogP contribution is 2.37. The van der Waals surface area contributed by atoms with E-state index in [4.69, 9.17) is 0 Å². The molecule has 0 radical (unpaired) electrons. The highest BCUT2D eigenvalue weighted by Gasteiger charge is 2.32. The van der Waals surface area contributed by atoms with Crippen molar-refractivity contribution in [3.63, 3.8) is 0 Å². The van der Waals surface area contributed by atoms with Gasteiger partial charge in [-0.3, -0.25) is 10.1 Å². The fraction of sp³-hybridized carbons (Fsp3) is 0.400. The molecule has 0 spiro atoms. The van der Waals surface area contributed by atoms with Crippen molar-refractivity contribution < 1.29 is 15.1 Å². The van der Waals surface area contributed by atoms with Gasteiger partial charge in [-0.2, -0.15) is 0 Å². The Hall–Kier alpha value is -1.98. The maximum absolute atomic E-state index is 10.8. The van der Waals surface area contributed by atoms with Crippen molar-refractivity contribution >= 4 is 5.69 Å². The van der Waals surface area contributed by atoms with Crippen LogP contribution in [0.15, 0.2) is 12.1 Å². The van der Waals surface area contributed by atoms with Crippen LogP contribution in [-0.4, -0.2) is 28.3 Å². The van der Waals surface area contributed by atoms with Crippen molar-refractivity contribution in [1.82, 2.24) is 0 Å². The predicted octanol–water partition coefficient (Wildman–Crippen LogP) is 1.08. The zero-order valence-electron chi connectivity index (χ0n) is 8.75. The van der Waals surface area contributed by atoms with Crippen LogP contribution < -0.4 is 4.90 Å². The quantitative estimate of drug-likeness (QED) is 0.423. The Bertz CT molecular complexity index is 447. The van der Waals surface area contributed by atoms with E-state index in [9.17, 15) is 20.3 Å². The van der Waals surface area contributed by atoms with E-state index in [2.05, 4.69) is 0 Å². The Morgan fingerprint density at radius 2 is 2.06 bits per heavy atom. The number of nitrogens with zero attached hydrogens (tertiary/aromatic N) is 2. The van der Waals surface area contributed by atoms with Crippen molar-refractivity contribution in [3.8, 4) is 11.5 Å². The molecule has 16 heavy (non-hydrogen) atoms. The molecule has 1 aliphatic rings. The molecule has 6 nitrogen and oxygen atoms in total. The van der Waals surface area contributed by atoms with Crippen LogP contribution in [0.3, 0.4) is 0 Å². The average Bonchev–Trinajstić information content (AvgIpc) is 2.21. The van der Waals surface area contributed by atoms with Crippen LogP contribution in [0.5, 0.6) is 11.5 Å². The first kappa shape index (κ1) is 10.5. The average molecular weight is 224 g/mol. The molecule has 0 saturated carbocycles. The van der Waals surface area contributed by atoms with Gasteiger partial charge in [-0.15, -0.1) is 0 Å². The smallest absolute Gasteiger partial charge is 0.287 e. The number of rotatable bonds is 1. The standard InChI is InChI=1S/C10H12N2O4/c1-11-7-5-9(14)8(13)4-6(7)2-3-10(11)12(15)16/h4-5,10,13-14H,2-3H2,1H3. The van der Waals surface area contributed by atoms with E-state index in [1.165, 1.54) is 17.0 Å². The molecule has 1 atom stereocenters. The van der Waals surface area contributed by atoms with Crippen LogP contribution in [0.4, 0.5) is 5.69 Å². The maximum atomic E-state index is 10.8. The Labute approximate surface area is 91.9 Å². The first-order chi connectivity index (χ1) is 7.50. The lowest BCUT2D eigenvalue weighted by atomic mass is 9.99. The van der Waals surface area contributed by atoms with Crippen LogP contribution in [0.1, 0.15) is 12.0 Å². The van der Waals surface area contributed by atoms with Crippen LogP contribution in [-0.2, 0) is 6.42 Å². The topological polar surface area (TPSA) is 86.8 Å². The SMILES string of the molecule is CN1c2cc(O)c(O)cc2CCC1[N+](=O)[O-]. The van der Waals surface area contributed by atoms with Crippen LogP contribution >= 0.6 is 0 Å². The van der Waals surface area contributed by atoms with Gasteiger partial charge in [-0.05, 0) is 18.1 Å². The Morgan fingerprint density at radius 3 is 2.69 bits per heavy atom. The minimum atomic E-state index is -0.767. The molecule has 1 heterocycles. The second-order valence-electron chi connectivity index (χ2n) is 3.89. The summed E-state index contributed by atoms with van der Waals surface area (Å²) in [5.41, 5.74) is 1.42. The van der Waals surface area contributed by atoms with Gasteiger partial charge < -0.3 is 15.1 Å². The molecule has 1 aliphatic heterocycles. The van der Waals surface area contributed by atoms with Crippen molar-refractivity contribution in [3.05, 3.63) is 27.8 Å². The fourth-order valence-electron chi connectivity index (χ4n) is 2.02. The number of aromatic hydroxyl groups is 2. The number of phenolic OH excluding ortho intramolecular Hbond substituents is 2. The highest BCUT2D eigenvalue weighted by molar-refractivity contribution is 5.62. The first-order valence-electron chi connectivity index (χ1n) is 4.92. The third-order valence-corrected chi connectivity index (χ3v) is 2.92. The van der Waals surface area contributed by atoms with Gasteiger partial charge in [0.2, 0.25) is 0 Å². The summed E-state index contributed by atoms with van der Waals surface area (Å²) in [6, 6.07) is 2.82. The molecule has 0 aromatic heterocycles. The molecule has 1 unspecified atom stereocenters. The van der Waals surface area contributed by atoms with E-state index in [1.54, 1.807) is 7.05 Å². The minimum absolute atomic E-state index is 0.188. The van der Waals surface area contributed by atoms with Crippen molar-refractivity contribution in [2.75, 3.05) is 11.9 Å². The lowest BCUT2D eigenvalue weighted by Crippen LogP contribution is -2.41. The summed E-state index contributed by atoms with van der Waals surface area (Å²) in [6.07, 6.45) is 0.163. The van der Waals surface area contributed by atoms with E-state index in [-0.39, 0.29) is 16.4 Å². The number of benzene rings is 1. The fourth-order valence-corrected chi connectivity index (χ4v) is 2.02. The largest absolute Gasteiger partial charge is 0.504 e. The van der Waals surface area contributed by atoms with E-state index in [0.717, 1.165) is 5.56 Å². The van der Waals surface area contributed by atoms with Crippen LogP contribution in [0.25, 0.3) is 0 Å². The van der Waals surface area contributed by atoms with Gasteiger partial charge in [-0.25, -0.2) is 0 Å². The van der Waals surface area contributed by atoms with Gasteiger partial charge in [0, 0.05) is 30.1 Å². The number of hydrogen-bond donors (Lipinski definition) is 2. The summed E-state index contributed by atoms with van der Waals surface area (Å²) in [5, 5.41) is 29.5. The second-order valence-corrected chi connectivity index (χ2v) is 3.89. The van der Waals surface area contributed by atoms with Gasteiger partial charge in [0.15, 0.2) is 11.5 Å². The maximum Gasteiger partial charge on any atom is 0.287 e. The molecule has 1 aromatic rings. The minimum Gasteiger partial charge on any atom is -0.504 e. The summed E-state index contributed by atoms with van der Waals surface area (Å²) in [5.74, 6) is -0.443. The summed E-state index contributed by atoms with van der Waals surface area (Å²) in [4.78, 5) is 11.9. The number of aryl methyl sites for hydroxylation is 1. The summed E-state index contributed by atoms with van der Waals surface area (Å²) >= 11 is 0. The third kappa shape index (κ3) is 1.52. The van der Waals surface area contributed by atoms with E-state index >= 15 is 0 Å². The molecular formula is C10H12N2O4. The second kappa shape index (κ2) is 3.55. The molecule has 0 fully saturated rings. The normalized spacial score (nSPS) is 19.3. The summed E-state index contributed by atoms with van der Waals surface area (Å²) in [7, 11) is 1.61. The van der Waals surface area contributed by atoms with Crippen LogP contribution in [0, 0.1) is 10.1 Å². The van der Waals surface area contributed by atoms with Gasteiger partial charge in [-0.1, -0.05) is 0 Å². The summed E-state index contributed by atoms with van der Waals surface area (Å²) < 4.78 is 0. The monoisotopic (exact) mass is 224 g/mol. The molecule has 1 aromatic carbocycles. The number of fused-ring (bicyclic) bond motifs is 1. The molecule has 0 aliphatic carbocycles. The van der Waals surface area contributed by atoms with Gasteiger partial charge in [0.05, 0.1) is 0 Å². The Balaban J connectivity index is 2.44. The van der Waals surface area contributed by atoms with Crippen LogP contribution in [0.2, 0.25) is 0 Å². The zero-order valence-corrected chi connectivity index (χ0v) is 8.75. The predicted molar refractivity (Wildman–Crippen MR) is 57.3 cm³/mol. The first-order valence-corrected chi connectivity index (χ1v) is 4.92. The summed E-state index contributed by atoms with van der Waals surface area (Å²) in [6.45, 7) is 0. The van der Waals surface area contributed by atoms with Gasteiger partial charge in [0.25, 0.3) is 6.17 Å². The molecule has 6 heteroatoms.